The van der Waals surface area contributed by atoms with Crippen LogP contribution in [0.1, 0.15) is 27.7 Å². The summed E-state index contributed by atoms with van der Waals surface area (Å²) < 4.78 is 0. The molecular weight excluding hydrogens is 234 g/mol. The monoisotopic (exact) mass is 255 g/mol. The van der Waals surface area contributed by atoms with Crippen LogP contribution < -0.4 is 0 Å². The molecule has 96 valence electrons. The lowest BCUT2D eigenvalue weighted by Gasteiger charge is -2.14. The van der Waals surface area contributed by atoms with Crippen molar-refractivity contribution in [3.8, 4) is 0 Å². The molecule has 1 rings (SSSR count). The first-order valence-corrected chi connectivity index (χ1v) is 6.96. The summed E-state index contributed by atoms with van der Waals surface area (Å²) >= 11 is 1.37. The number of likely N-dealkylation sites (tertiary alicyclic amines) is 1. The van der Waals surface area contributed by atoms with Crippen LogP contribution in [0.15, 0.2) is 11.6 Å². The summed E-state index contributed by atoms with van der Waals surface area (Å²) in [4.78, 5) is 24.7. The van der Waals surface area contributed by atoms with Crippen molar-refractivity contribution in [3.05, 3.63) is 11.6 Å². The van der Waals surface area contributed by atoms with Gasteiger partial charge in [0, 0.05) is 31.8 Å². The fraction of sp³-hybridized carbons (Fsp3) is 0.692. The Kier molecular flexibility index (Phi) is 5.25. The SMILES string of the molecule is CC(=O)SCC1CN(C(=O)C=C(C)C)CC1C. The molecule has 0 aliphatic carbocycles. The third-order valence-corrected chi connectivity index (χ3v) is 3.99. The van der Waals surface area contributed by atoms with Gasteiger partial charge in [0.05, 0.1) is 0 Å². The summed E-state index contributed by atoms with van der Waals surface area (Å²) in [5.41, 5.74) is 1.03. The number of carbonyl (C=O) groups is 2. The molecule has 0 bridgehead atoms. The molecule has 1 fully saturated rings. The molecule has 0 aromatic heterocycles. The van der Waals surface area contributed by atoms with Gasteiger partial charge < -0.3 is 4.90 Å². The van der Waals surface area contributed by atoms with Gasteiger partial charge >= 0.3 is 0 Å². The normalized spacial score (nSPS) is 23.6. The van der Waals surface area contributed by atoms with Gasteiger partial charge in [-0.2, -0.15) is 0 Å². The Labute approximate surface area is 108 Å². The van der Waals surface area contributed by atoms with Crippen molar-refractivity contribution in [1.82, 2.24) is 4.90 Å². The van der Waals surface area contributed by atoms with Crippen LogP contribution in [-0.4, -0.2) is 34.8 Å². The summed E-state index contributed by atoms with van der Waals surface area (Å²) in [7, 11) is 0. The van der Waals surface area contributed by atoms with Gasteiger partial charge in [0.15, 0.2) is 5.12 Å². The Morgan fingerprint density at radius 2 is 1.94 bits per heavy atom. The Hall–Kier alpha value is -0.770. The van der Waals surface area contributed by atoms with E-state index in [0.29, 0.717) is 11.8 Å². The van der Waals surface area contributed by atoms with Crippen molar-refractivity contribution < 1.29 is 9.59 Å². The van der Waals surface area contributed by atoms with E-state index < -0.39 is 0 Å². The smallest absolute Gasteiger partial charge is 0.246 e. The van der Waals surface area contributed by atoms with E-state index in [9.17, 15) is 9.59 Å². The summed E-state index contributed by atoms with van der Waals surface area (Å²) in [5, 5.41) is 0.159. The van der Waals surface area contributed by atoms with Gasteiger partial charge in [-0.25, -0.2) is 0 Å². The molecule has 0 N–H and O–H groups in total. The lowest BCUT2D eigenvalue weighted by atomic mass is 10.0. The zero-order chi connectivity index (χ0) is 13.0. The number of hydrogen-bond donors (Lipinski definition) is 0. The van der Waals surface area contributed by atoms with Crippen LogP contribution in [-0.2, 0) is 9.59 Å². The van der Waals surface area contributed by atoms with E-state index in [1.54, 1.807) is 13.0 Å². The van der Waals surface area contributed by atoms with Gasteiger partial charge in [-0.15, -0.1) is 0 Å². The van der Waals surface area contributed by atoms with Crippen LogP contribution in [0.3, 0.4) is 0 Å². The van der Waals surface area contributed by atoms with Gasteiger partial charge in [0.2, 0.25) is 5.91 Å². The second kappa shape index (κ2) is 6.24. The van der Waals surface area contributed by atoms with E-state index in [-0.39, 0.29) is 11.0 Å². The first-order chi connectivity index (χ1) is 7.90. The average Bonchev–Trinajstić information content (AvgIpc) is 2.56. The van der Waals surface area contributed by atoms with Crippen LogP contribution >= 0.6 is 11.8 Å². The van der Waals surface area contributed by atoms with Crippen molar-refractivity contribution in [2.45, 2.75) is 27.7 Å². The zero-order valence-corrected chi connectivity index (χ0v) is 11.8. The molecule has 2 unspecified atom stereocenters. The molecule has 17 heavy (non-hydrogen) atoms. The molecule has 0 spiro atoms. The van der Waals surface area contributed by atoms with Crippen LogP contribution in [0.5, 0.6) is 0 Å². The van der Waals surface area contributed by atoms with Crippen LogP contribution in [0, 0.1) is 11.8 Å². The Morgan fingerprint density at radius 1 is 1.29 bits per heavy atom. The van der Waals surface area contributed by atoms with E-state index in [2.05, 4.69) is 6.92 Å². The summed E-state index contributed by atoms with van der Waals surface area (Å²) in [6.45, 7) is 9.20. The predicted molar refractivity (Wildman–Crippen MR) is 71.8 cm³/mol. The molecule has 4 heteroatoms. The van der Waals surface area contributed by atoms with Crippen LogP contribution in [0.25, 0.3) is 0 Å². The maximum atomic E-state index is 11.9. The summed E-state index contributed by atoms with van der Waals surface area (Å²) in [6.07, 6.45) is 1.69. The highest BCUT2D eigenvalue weighted by Gasteiger charge is 2.31. The lowest BCUT2D eigenvalue weighted by Crippen LogP contribution is -2.27. The number of thioether (sulfide) groups is 1. The number of carbonyl (C=O) groups excluding carboxylic acids is 2. The molecular formula is C13H21NO2S. The van der Waals surface area contributed by atoms with E-state index in [1.165, 1.54) is 11.8 Å². The molecule has 3 nitrogen and oxygen atoms in total. The zero-order valence-electron chi connectivity index (χ0n) is 11.0. The predicted octanol–water partition coefficient (Wildman–Crippen LogP) is 2.33. The van der Waals surface area contributed by atoms with Gasteiger partial charge in [-0.1, -0.05) is 24.3 Å². The number of rotatable bonds is 3. The maximum Gasteiger partial charge on any atom is 0.246 e. The molecule has 1 amide bonds. The second-order valence-corrected chi connectivity index (χ2v) is 6.20. The Morgan fingerprint density at radius 3 is 2.47 bits per heavy atom. The van der Waals surface area contributed by atoms with Gasteiger partial charge in [0.1, 0.15) is 0 Å². The number of amides is 1. The van der Waals surface area contributed by atoms with E-state index in [1.807, 2.05) is 18.7 Å². The quantitative estimate of drug-likeness (QED) is 0.726. The minimum absolute atomic E-state index is 0.104. The van der Waals surface area contributed by atoms with Crippen LogP contribution in [0.4, 0.5) is 0 Å². The van der Waals surface area contributed by atoms with Gasteiger partial charge in [-0.3, -0.25) is 9.59 Å². The lowest BCUT2D eigenvalue weighted by molar-refractivity contribution is -0.125. The number of nitrogens with zero attached hydrogens (tertiary/aromatic N) is 1. The average molecular weight is 255 g/mol. The molecule has 0 saturated carbocycles. The fourth-order valence-electron chi connectivity index (χ4n) is 1.99. The van der Waals surface area contributed by atoms with Crippen molar-refractivity contribution >= 4 is 22.8 Å². The van der Waals surface area contributed by atoms with Crippen LogP contribution in [0.2, 0.25) is 0 Å². The Bertz CT molecular complexity index is 334. The van der Waals surface area contributed by atoms with Crippen molar-refractivity contribution in [2.75, 3.05) is 18.8 Å². The second-order valence-electron chi connectivity index (χ2n) is 5.00. The van der Waals surface area contributed by atoms with E-state index >= 15 is 0 Å². The topological polar surface area (TPSA) is 37.4 Å². The molecule has 0 radical (unpaired) electrons. The maximum absolute atomic E-state index is 11.9. The fourth-order valence-corrected chi connectivity index (χ4v) is 2.88. The Balaban J connectivity index is 2.51. The molecule has 0 aromatic rings. The first kappa shape index (κ1) is 14.3. The summed E-state index contributed by atoms with van der Waals surface area (Å²) in [5.74, 6) is 1.86. The number of hydrogen-bond acceptors (Lipinski definition) is 3. The third kappa shape index (κ3) is 4.54. The summed E-state index contributed by atoms with van der Waals surface area (Å²) in [6, 6.07) is 0. The van der Waals surface area contributed by atoms with Gasteiger partial charge in [0.25, 0.3) is 0 Å². The van der Waals surface area contributed by atoms with E-state index in [0.717, 1.165) is 24.4 Å². The first-order valence-electron chi connectivity index (χ1n) is 5.97. The third-order valence-electron chi connectivity index (χ3n) is 2.99. The largest absolute Gasteiger partial charge is 0.339 e. The molecule has 1 aliphatic heterocycles. The van der Waals surface area contributed by atoms with Crippen molar-refractivity contribution in [1.29, 1.82) is 0 Å². The molecule has 0 aromatic carbocycles. The highest BCUT2D eigenvalue weighted by Crippen LogP contribution is 2.26. The highest BCUT2D eigenvalue weighted by atomic mass is 32.2. The van der Waals surface area contributed by atoms with Gasteiger partial charge in [-0.05, 0) is 25.7 Å². The molecule has 1 aliphatic rings. The number of allylic oxidation sites excluding steroid dienone is 1. The standard InChI is InChI=1S/C13H21NO2S/c1-9(2)5-13(16)14-6-10(3)12(7-14)8-17-11(4)15/h5,10,12H,6-8H2,1-4H3. The molecule has 2 atom stereocenters. The van der Waals surface area contributed by atoms with Crippen molar-refractivity contribution in [3.63, 3.8) is 0 Å². The minimum Gasteiger partial charge on any atom is -0.339 e. The van der Waals surface area contributed by atoms with Crippen molar-refractivity contribution in [2.24, 2.45) is 11.8 Å². The minimum atomic E-state index is 0.104. The highest BCUT2D eigenvalue weighted by molar-refractivity contribution is 8.13. The molecule has 1 saturated heterocycles. The molecule has 1 heterocycles. The van der Waals surface area contributed by atoms with E-state index in [4.69, 9.17) is 0 Å².